The number of hydrogen-bond donors (Lipinski definition) is 1. The van der Waals surface area contributed by atoms with Crippen molar-refractivity contribution < 1.29 is 4.42 Å². The third kappa shape index (κ3) is 3.24. The third-order valence-electron chi connectivity index (χ3n) is 3.08. The Labute approximate surface area is 118 Å². The molecule has 0 spiro atoms. The Morgan fingerprint density at radius 1 is 1.25 bits per heavy atom. The van der Waals surface area contributed by atoms with Gasteiger partial charge >= 0.3 is 0 Å². The van der Waals surface area contributed by atoms with Crippen LogP contribution in [0.1, 0.15) is 24.6 Å². The number of nitrogen functional groups attached to an aromatic ring is 1. The number of aromatic nitrogens is 3. The Hall–Kier alpha value is -2.15. The highest BCUT2D eigenvalue weighted by atomic mass is 16.3. The summed E-state index contributed by atoms with van der Waals surface area (Å²) in [6.45, 7) is 2.70. The second kappa shape index (κ2) is 5.87. The van der Waals surface area contributed by atoms with E-state index in [1.165, 1.54) is 0 Å². The van der Waals surface area contributed by atoms with Gasteiger partial charge in [-0.2, -0.15) is 15.0 Å². The van der Waals surface area contributed by atoms with Gasteiger partial charge in [0.05, 0.1) is 18.8 Å². The van der Waals surface area contributed by atoms with E-state index in [4.69, 9.17) is 10.2 Å². The van der Waals surface area contributed by atoms with E-state index in [2.05, 4.69) is 19.9 Å². The SMILES string of the molecule is C[C@@H](c1nc(N)nc(N(C)C)n1)N(C)Cc1ccco1. The van der Waals surface area contributed by atoms with Crippen LogP contribution in [0.2, 0.25) is 0 Å². The van der Waals surface area contributed by atoms with Gasteiger partial charge in [-0.05, 0) is 26.1 Å². The summed E-state index contributed by atoms with van der Waals surface area (Å²) in [4.78, 5) is 16.6. The topological polar surface area (TPSA) is 84.3 Å². The molecule has 0 unspecified atom stereocenters. The predicted molar refractivity (Wildman–Crippen MR) is 77.2 cm³/mol. The van der Waals surface area contributed by atoms with Crippen LogP contribution in [0.4, 0.5) is 11.9 Å². The molecule has 0 bridgehead atoms. The van der Waals surface area contributed by atoms with Crippen molar-refractivity contribution in [3.05, 3.63) is 30.0 Å². The molecule has 2 aromatic rings. The van der Waals surface area contributed by atoms with Crippen LogP contribution in [0.5, 0.6) is 0 Å². The molecule has 0 saturated heterocycles. The summed E-state index contributed by atoms with van der Waals surface area (Å²) in [6, 6.07) is 3.82. The number of rotatable bonds is 5. The van der Waals surface area contributed by atoms with E-state index < -0.39 is 0 Å². The highest BCUT2D eigenvalue weighted by Gasteiger charge is 2.18. The fraction of sp³-hybridized carbons (Fsp3) is 0.462. The molecule has 0 radical (unpaired) electrons. The lowest BCUT2D eigenvalue weighted by Gasteiger charge is -2.23. The smallest absolute Gasteiger partial charge is 0.229 e. The Morgan fingerprint density at radius 2 is 2.00 bits per heavy atom. The van der Waals surface area contributed by atoms with Gasteiger partial charge in [0, 0.05) is 14.1 Å². The largest absolute Gasteiger partial charge is 0.468 e. The number of nitrogens with zero attached hydrogens (tertiary/aromatic N) is 5. The average Bonchev–Trinajstić information content (AvgIpc) is 2.89. The second-order valence-corrected chi connectivity index (χ2v) is 4.92. The molecule has 2 N–H and O–H groups in total. The van der Waals surface area contributed by atoms with Crippen LogP contribution in [-0.2, 0) is 6.54 Å². The predicted octanol–water partition coefficient (Wildman–Crippen LogP) is 1.31. The zero-order chi connectivity index (χ0) is 14.7. The van der Waals surface area contributed by atoms with Crippen molar-refractivity contribution in [2.75, 3.05) is 31.8 Å². The first-order valence-corrected chi connectivity index (χ1v) is 6.38. The molecule has 2 rings (SSSR count). The molecule has 0 aliphatic heterocycles. The minimum atomic E-state index is 0.00380. The van der Waals surface area contributed by atoms with Gasteiger partial charge in [0.2, 0.25) is 11.9 Å². The van der Waals surface area contributed by atoms with E-state index in [1.54, 1.807) is 11.2 Å². The number of hydrogen-bond acceptors (Lipinski definition) is 7. The van der Waals surface area contributed by atoms with Crippen LogP contribution in [0.25, 0.3) is 0 Å². The summed E-state index contributed by atoms with van der Waals surface area (Å²) >= 11 is 0. The summed E-state index contributed by atoms with van der Waals surface area (Å²) in [7, 11) is 5.73. The molecule has 0 amide bonds. The first-order chi connectivity index (χ1) is 9.47. The van der Waals surface area contributed by atoms with Crippen molar-refractivity contribution in [1.82, 2.24) is 19.9 Å². The zero-order valence-electron chi connectivity index (χ0n) is 12.2. The van der Waals surface area contributed by atoms with Gasteiger partial charge in [-0.1, -0.05) is 0 Å². The lowest BCUT2D eigenvalue weighted by molar-refractivity contribution is 0.224. The van der Waals surface area contributed by atoms with Crippen LogP contribution < -0.4 is 10.6 Å². The van der Waals surface area contributed by atoms with Gasteiger partial charge in [0.25, 0.3) is 0 Å². The van der Waals surface area contributed by atoms with Gasteiger partial charge < -0.3 is 15.1 Å². The normalized spacial score (nSPS) is 12.7. The van der Waals surface area contributed by atoms with Crippen LogP contribution in [-0.4, -0.2) is 41.0 Å². The van der Waals surface area contributed by atoms with E-state index >= 15 is 0 Å². The maximum Gasteiger partial charge on any atom is 0.229 e. The van der Waals surface area contributed by atoms with Gasteiger partial charge in [-0.25, -0.2) is 0 Å². The molecule has 0 aliphatic rings. The van der Waals surface area contributed by atoms with E-state index in [0.717, 1.165) is 5.76 Å². The van der Waals surface area contributed by atoms with Crippen molar-refractivity contribution >= 4 is 11.9 Å². The van der Waals surface area contributed by atoms with Crippen LogP contribution in [0.3, 0.4) is 0 Å². The molecule has 7 heteroatoms. The lowest BCUT2D eigenvalue weighted by Crippen LogP contribution is -2.25. The zero-order valence-corrected chi connectivity index (χ0v) is 12.2. The first-order valence-electron chi connectivity index (χ1n) is 6.38. The molecule has 7 nitrogen and oxygen atoms in total. The van der Waals surface area contributed by atoms with Crippen LogP contribution >= 0.6 is 0 Å². The van der Waals surface area contributed by atoms with E-state index in [9.17, 15) is 0 Å². The fourth-order valence-corrected chi connectivity index (χ4v) is 1.77. The Morgan fingerprint density at radius 3 is 2.60 bits per heavy atom. The van der Waals surface area contributed by atoms with E-state index in [1.807, 2.05) is 40.2 Å². The molecule has 108 valence electrons. The quantitative estimate of drug-likeness (QED) is 0.881. The Balaban J connectivity index is 2.17. The maximum absolute atomic E-state index is 5.75. The number of nitrogens with two attached hydrogens (primary N) is 1. The van der Waals surface area contributed by atoms with Crippen molar-refractivity contribution in [2.45, 2.75) is 19.5 Å². The van der Waals surface area contributed by atoms with Crippen molar-refractivity contribution in [2.24, 2.45) is 0 Å². The molecule has 0 aliphatic carbocycles. The summed E-state index contributed by atoms with van der Waals surface area (Å²) in [5, 5.41) is 0. The number of anilines is 2. The monoisotopic (exact) mass is 276 g/mol. The molecular formula is C13H20N6O. The molecule has 0 fully saturated rings. The highest BCUT2D eigenvalue weighted by Crippen LogP contribution is 2.19. The first kappa shape index (κ1) is 14.3. The molecule has 2 aromatic heterocycles. The van der Waals surface area contributed by atoms with Crippen LogP contribution in [0, 0.1) is 0 Å². The van der Waals surface area contributed by atoms with Crippen molar-refractivity contribution in [1.29, 1.82) is 0 Å². The maximum atomic E-state index is 5.75. The summed E-state index contributed by atoms with van der Waals surface area (Å²) in [6.07, 6.45) is 1.67. The molecular weight excluding hydrogens is 256 g/mol. The van der Waals surface area contributed by atoms with E-state index in [-0.39, 0.29) is 12.0 Å². The highest BCUT2D eigenvalue weighted by molar-refractivity contribution is 5.33. The molecule has 20 heavy (non-hydrogen) atoms. The van der Waals surface area contributed by atoms with Gasteiger partial charge in [-0.15, -0.1) is 0 Å². The average molecular weight is 276 g/mol. The third-order valence-corrected chi connectivity index (χ3v) is 3.08. The molecule has 0 aromatic carbocycles. The summed E-state index contributed by atoms with van der Waals surface area (Å²) < 4.78 is 5.35. The standard InChI is InChI=1S/C13H20N6O/c1-9(19(4)8-10-6-5-7-20-10)11-15-12(14)17-13(16-11)18(2)3/h5-7,9H,8H2,1-4H3,(H2,14,15,16,17)/t9-/m0/s1. The number of furan rings is 1. The lowest BCUT2D eigenvalue weighted by atomic mass is 10.2. The van der Waals surface area contributed by atoms with Crippen LogP contribution in [0.15, 0.2) is 22.8 Å². The molecule has 1 atom stereocenters. The Bertz CT molecular complexity index is 554. The second-order valence-electron chi connectivity index (χ2n) is 4.92. The minimum absolute atomic E-state index is 0.00380. The van der Waals surface area contributed by atoms with Gasteiger partial charge in [-0.3, -0.25) is 4.90 Å². The minimum Gasteiger partial charge on any atom is -0.468 e. The summed E-state index contributed by atoms with van der Waals surface area (Å²) in [5.41, 5.74) is 5.75. The van der Waals surface area contributed by atoms with Gasteiger partial charge in [0.1, 0.15) is 5.76 Å². The molecule has 0 saturated carbocycles. The van der Waals surface area contributed by atoms with Gasteiger partial charge in [0.15, 0.2) is 5.82 Å². The van der Waals surface area contributed by atoms with E-state index in [0.29, 0.717) is 18.3 Å². The Kier molecular flexibility index (Phi) is 4.19. The summed E-state index contributed by atoms with van der Waals surface area (Å²) in [5.74, 6) is 2.34. The van der Waals surface area contributed by atoms with Crippen molar-refractivity contribution in [3.63, 3.8) is 0 Å². The fourth-order valence-electron chi connectivity index (χ4n) is 1.77. The van der Waals surface area contributed by atoms with Crippen molar-refractivity contribution in [3.8, 4) is 0 Å². The molecule has 2 heterocycles.